The van der Waals surface area contributed by atoms with Crippen molar-refractivity contribution in [2.45, 2.75) is 64.3 Å². The molecule has 1 aliphatic rings. The van der Waals surface area contributed by atoms with Crippen molar-refractivity contribution in [1.29, 1.82) is 0 Å². The summed E-state index contributed by atoms with van der Waals surface area (Å²) in [6.07, 6.45) is 1.91. The van der Waals surface area contributed by atoms with Gasteiger partial charge in [0.15, 0.2) is 0 Å². The highest BCUT2D eigenvalue weighted by Gasteiger charge is 2.34. The summed E-state index contributed by atoms with van der Waals surface area (Å²) in [5, 5.41) is 3.92. The highest BCUT2D eigenvalue weighted by atomic mass is 28.4. The van der Waals surface area contributed by atoms with E-state index in [0.717, 1.165) is 38.7 Å². The molecule has 1 aromatic heterocycles. The molecule has 5 rings (SSSR count). The number of nitrogens with one attached hydrogen (secondary N) is 1. The van der Waals surface area contributed by atoms with Gasteiger partial charge in [0.1, 0.15) is 12.6 Å². The third-order valence-electron chi connectivity index (χ3n) is 8.70. The molecule has 2 amide bonds. The lowest BCUT2D eigenvalue weighted by atomic mass is 9.98. The lowest BCUT2D eigenvalue weighted by Crippen LogP contribution is -2.53. The molecule has 0 aliphatic heterocycles. The standard InChI is InChI=1S/C37H45N3O5Si/c1-24(2)35(38-37(43)44-23-32-30-17-10-8-15-28(30)29-16-9-11-18-31(29)32)36(42)40(4)26(21-34(41)45-46(5,6)7)20-25-22-39(3)33-19-13-12-14-27(25)33/h8-19,22,24,26,32,35H,20-21,23H2,1-7H3,(H,38,43)/t26-,35-/m0/s1. The number of nitrogens with zero attached hydrogens (tertiary/aromatic N) is 2. The topological polar surface area (TPSA) is 89.9 Å². The minimum Gasteiger partial charge on any atom is -0.520 e. The van der Waals surface area contributed by atoms with Crippen molar-refractivity contribution in [1.82, 2.24) is 14.8 Å². The zero-order valence-corrected chi connectivity index (χ0v) is 28.9. The van der Waals surface area contributed by atoms with Crippen LogP contribution in [0.3, 0.4) is 0 Å². The van der Waals surface area contributed by atoms with Crippen LogP contribution in [0.25, 0.3) is 22.0 Å². The maximum Gasteiger partial charge on any atom is 0.407 e. The Labute approximate surface area is 272 Å². The number of aryl methyl sites for hydroxylation is 1. The Morgan fingerprint density at radius 2 is 1.50 bits per heavy atom. The number of hydrogen-bond donors (Lipinski definition) is 1. The average Bonchev–Trinajstić information content (AvgIpc) is 3.50. The van der Waals surface area contributed by atoms with Gasteiger partial charge >= 0.3 is 6.09 Å². The molecule has 4 aromatic rings. The summed E-state index contributed by atoms with van der Waals surface area (Å²) in [5.41, 5.74) is 6.65. The molecule has 1 N–H and O–H groups in total. The van der Waals surface area contributed by atoms with Crippen LogP contribution >= 0.6 is 0 Å². The minimum atomic E-state index is -2.14. The third-order valence-corrected chi connectivity index (χ3v) is 9.54. The van der Waals surface area contributed by atoms with Gasteiger partial charge in [-0.2, -0.15) is 0 Å². The summed E-state index contributed by atoms with van der Waals surface area (Å²) in [7, 11) is 1.55. The quantitative estimate of drug-likeness (QED) is 0.181. The minimum absolute atomic E-state index is 0.0471. The number of ether oxygens (including phenoxy) is 1. The summed E-state index contributed by atoms with van der Waals surface area (Å²) in [4.78, 5) is 42.0. The summed E-state index contributed by atoms with van der Waals surface area (Å²) < 4.78 is 13.6. The third kappa shape index (κ3) is 7.20. The fourth-order valence-electron chi connectivity index (χ4n) is 6.44. The number of amides is 2. The molecular weight excluding hydrogens is 595 g/mol. The monoisotopic (exact) mass is 639 g/mol. The highest BCUT2D eigenvalue weighted by molar-refractivity contribution is 6.71. The lowest BCUT2D eigenvalue weighted by Gasteiger charge is -2.33. The van der Waals surface area contributed by atoms with Crippen LogP contribution in [-0.4, -0.2) is 61.5 Å². The van der Waals surface area contributed by atoms with Gasteiger partial charge in [0.2, 0.25) is 14.2 Å². The van der Waals surface area contributed by atoms with Crippen molar-refractivity contribution in [2.75, 3.05) is 13.7 Å². The molecule has 3 aromatic carbocycles. The van der Waals surface area contributed by atoms with Gasteiger partial charge in [0.05, 0.1) is 6.42 Å². The van der Waals surface area contributed by atoms with Crippen molar-refractivity contribution in [2.24, 2.45) is 13.0 Å². The Balaban J connectivity index is 1.32. The molecule has 46 heavy (non-hydrogen) atoms. The maximum atomic E-state index is 14.1. The second-order valence-electron chi connectivity index (χ2n) is 13.6. The number of fused-ring (bicyclic) bond motifs is 4. The first kappa shape index (κ1) is 33.0. The molecule has 0 saturated heterocycles. The van der Waals surface area contributed by atoms with Gasteiger partial charge in [-0.25, -0.2) is 4.79 Å². The normalized spacial score (nSPS) is 14.0. The summed E-state index contributed by atoms with van der Waals surface area (Å²) in [6, 6.07) is 23.1. The maximum absolute atomic E-state index is 14.1. The first-order chi connectivity index (χ1) is 21.8. The molecule has 0 spiro atoms. The molecule has 8 nitrogen and oxygen atoms in total. The second kappa shape index (κ2) is 13.5. The number of rotatable bonds is 11. The molecule has 242 valence electrons. The van der Waals surface area contributed by atoms with E-state index in [1.54, 1.807) is 11.9 Å². The molecule has 0 radical (unpaired) electrons. The molecule has 2 atom stereocenters. The van der Waals surface area contributed by atoms with Gasteiger partial charge in [0.25, 0.3) is 5.97 Å². The average molecular weight is 640 g/mol. The van der Waals surface area contributed by atoms with Crippen LogP contribution < -0.4 is 5.32 Å². The molecular formula is C37H45N3O5Si. The van der Waals surface area contributed by atoms with E-state index in [9.17, 15) is 14.4 Å². The number of alkyl carbamates (subject to hydrolysis) is 1. The van der Waals surface area contributed by atoms with Gasteiger partial charge in [0, 0.05) is 43.2 Å². The smallest absolute Gasteiger partial charge is 0.407 e. The van der Waals surface area contributed by atoms with E-state index in [1.165, 1.54) is 0 Å². The largest absolute Gasteiger partial charge is 0.520 e. The van der Waals surface area contributed by atoms with E-state index in [0.29, 0.717) is 6.42 Å². The second-order valence-corrected chi connectivity index (χ2v) is 18.0. The van der Waals surface area contributed by atoms with E-state index in [2.05, 4.69) is 52.5 Å². The molecule has 0 unspecified atom stereocenters. The summed E-state index contributed by atoms with van der Waals surface area (Å²) >= 11 is 0. The first-order valence-electron chi connectivity index (χ1n) is 16.0. The fourth-order valence-corrected chi connectivity index (χ4v) is 7.21. The number of aromatic nitrogens is 1. The van der Waals surface area contributed by atoms with Gasteiger partial charge < -0.3 is 23.9 Å². The van der Waals surface area contributed by atoms with Crippen LogP contribution in [0.5, 0.6) is 0 Å². The zero-order chi connectivity index (χ0) is 33.2. The van der Waals surface area contributed by atoms with E-state index < -0.39 is 26.5 Å². The van der Waals surface area contributed by atoms with Crippen molar-refractivity contribution in [3.05, 3.63) is 95.7 Å². The van der Waals surface area contributed by atoms with Crippen LogP contribution in [0.15, 0.2) is 79.0 Å². The number of carbonyl (C=O) groups is 3. The van der Waals surface area contributed by atoms with Gasteiger partial charge in [-0.3, -0.25) is 9.59 Å². The van der Waals surface area contributed by atoms with Gasteiger partial charge in [-0.05, 0) is 65.9 Å². The van der Waals surface area contributed by atoms with Crippen LogP contribution in [-0.2, 0) is 32.2 Å². The van der Waals surface area contributed by atoms with E-state index in [-0.39, 0.29) is 36.7 Å². The Morgan fingerprint density at radius 3 is 2.11 bits per heavy atom. The zero-order valence-electron chi connectivity index (χ0n) is 27.9. The van der Waals surface area contributed by atoms with Crippen LogP contribution in [0.4, 0.5) is 4.79 Å². The Morgan fingerprint density at radius 1 is 0.913 bits per heavy atom. The first-order valence-corrected chi connectivity index (χ1v) is 19.4. The number of para-hydroxylation sites is 1. The molecule has 1 heterocycles. The van der Waals surface area contributed by atoms with Gasteiger partial charge in [-0.15, -0.1) is 0 Å². The molecule has 1 aliphatic carbocycles. The number of hydrogen-bond acceptors (Lipinski definition) is 5. The number of likely N-dealkylation sites (N-methyl/N-ethyl adjacent to an activating group) is 1. The van der Waals surface area contributed by atoms with Crippen LogP contribution in [0, 0.1) is 5.92 Å². The summed E-state index contributed by atoms with van der Waals surface area (Å²) in [5.74, 6) is -0.914. The Kier molecular flexibility index (Phi) is 9.72. The Hall–Kier alpha value is -4.37. The predicted octanol–water partition coefficient (Wildman–Crippen LogP) is 6.88. The van der Waals surface area contributed by atoms with Gasteiger partial charge in [-0.1, -0.05) is 80.6 Å². The SMILES string of the molecule is CC(C)[C@H](NC(=O)OCC1c2ccccc2-c2ccccc21)C(=O)N(C)[C@H](CC(=O)O[Si](C)(C)C)Cc1cn(C)c2ccccc12. The molecule has 0 fully saturated rings. The van der Waals surface area contributed by atoms with Crippen molar-refractivity contribution >= 4 is 37.2 Å². The lowest BCUT2D eigenvalue weighted by molar-refractivity contribution is -0.140. The van der Waals surface area contributed by atoms with Crippen LogP contribution in [0.2, 0.25) is 19.6 Å². The van der Waals surface area contributed by atoms with Crippen molar-refractivity contribution in [3.63, 3.8) is 0 Å². The van der Waals surface area contributed by atoms with E-state index in [4.69, 9.17) is 9.16 Å². The number of benzene rings is 3. The van der Waals surface area contributed by atoms with E-state index in [1.807, 2.05) is 76.9 Å². The van der Waals surface area contributed by atoms with Crippen molar-refractivity contribution < 1.29 is 23.5 Å². The highest BCUT2D eigenvalue weighted by Crippen LogP contribution is 2.44. The fraction of sp³-hybridized carbons (Fsp3) is 0.378. The number of carbonyl (C=O) groups excluding carboxylic acids is 3. The van der Waals surface area contributed by atoms with Crippen molar-refractivity contribution in [3.8, 4) is 11.1 Å². The summed E-state index contributed by atoms with van der Waals surface area (Å²) in [6.45, 7) is 9.82. The van der Waals surface area contributed by atoms with Crippen LogP contribution in [0.1, 0.15) is 42.9 Å². The molecule has 0 bridgehead atoms. The Bertz CT molecular complexity index is 1690. The van der Waals surface area contributed by atoms with E-state index >= 15 is 0 Å². The predicted molar refractivity (Wildman–Crippen MR) is 184 cm³/mol. The molecule has 0 saturated carbocycles. The molecule has 9 heteroatoms.